The van der Waals surface area contributed by atoms with Crippen LogP contribution in [0.2, 0.25) is 5.02 Å². The Morgan fingerprint density at radius 1 is 1.45 bits per heavy atom. The molecule has 0 saturated heterocycles. The van der Waals surface area contributed by atoms with Crippen LogP contribution >= 0.6 is 23.4 Å². The highest BCUT2D eigenvalue weighted by molar-refractivity contribution is 7.98. The fourth-order valence-electron chi connectivity index (χ4n) is 2.30. The molecule has 2 rings (SSSR count). The molecule has 1 aliphatic rings. The summed E-state index contributed by atoms with van der Waals surface area (Å²) in [6.07, 6.45) is 6.00. The van der Waals surface area contributed by atoms with Gasteiger partial charge in [0.1, 0.15) is 0 Å². The molecule has 0 aromatic heterocycles. The van der Waals surface area contributed by atoms with E-state index in [1.54, 1.807) is 0 Å². The average Bonchev–Trinajstić information content (AvgIpc) is 3.26. The molecule has 1 aromatic rings. The Hall–Kier alpha value is -0.380. The third-order valence-electron chi connectivity index (χ3n) is 3.98. The standard InChI is InChI=1S/C16H25ClN2S/c1-12(8-9-20-3)19(2)16-7-4-14(17)10-13(16)11-18-15-5-6-15/h4,7,10,12,15,18H,5-6,8-9,11H2,1-3H3. The SMILES string of the molecule is CSCCC(C)N(C)c1ccc(Cl)cc1CNC1CC1. The minimum Gasteiger partial charge on any atom is -0.372 e. The molecule has 20 heavy (non-hydrogen) atoms. The van der Waals surface area contributed by atoms with Crippen molar-refractivity contribution in [3.63, 3.8) is 0 Å². The van der Waals surface area contributed by atoms with Gasteiger partial charge in [-0.1, -0.05) is 11.6 Å². The molecule has 0 heterocycles. The van der Waals surface area contributed by atoms with Crippen LogP contribution in [0.5, 0.6) is 0 Å². The highest BCUT2D eigenvalue weighted by Gasteiger charge is 2.21. The third-order valence-corrected chi connectivity index (χ3v) is 4.86. The lowest BCUT2D eigenvalue weighted by atomic mass is 10.1. The average molecular weight is 313 g/mol. The molecule has 112 valence electrons. The lowest BCUT2D eigenvalue weighted by Gasteiger charge is -2.29. The molecule has 1 N–H and O–H groups in total. The lowest BCUT2D eigenvalue weighted by molar-refractivity contribution is 0.653. The molecule has 4 heteroatoms. The summed E-state index contributed by atoms with van der Waals surface area (Å²) in [4.78, 5) is 2.39. The largest absolute Gasteiger partial charge is 0.372 e. The van der Waals surface area contributed by atoms with Gasteiger partial charge >= 0.3 is 0 Å². The zero-order valence-electron chi connectivity index (χ0n) is 12.7. The second-order valence-corrected chi connectivity index (χ2v) is 7.09. The van der Waals surface area contributed by atoms with E-state index in [4.69, 9.17) is 11.6 Å². The number of nitrogens with one attached hydrogen (secondary N) is 1. The number of hydrogen-bond acceptors (Lipinski definition) is 3. The number of rotatable bonds is 8. The summed E-state index contributed by atoms with van der Waals surface area (Å²) in [7, 11) is 2.19. The summed E-state index contributed by atoms with van der Waals surface area (Å²) in [5.74, 6) is 1.20. The van der Waals surface area contributed by atoms with Crippen LogP contribution in [0.15, 0.2) is 18.2 Å². The smallest absolute Gasteiger partial charge is 0.0412 e. The number of thioether (sulfide) groups is 1. The number of benzene rings is 1. The first-order valence-corrected chi connectivity index (χ1v) is 9.12. The van der Waals surface area contributed by atoms with E-state index in [-0.39, 0.29) is 0 Å². The quantitative estimate of drug-likeness (QED) is 0.775. The van der Waals surface area contributed by atoms with Crippen LogP contribution in [-0.4, -0.2) is 31.1 Å². The van der Waals surface area contributed by atoms with Crippen LogP contribution in [0.1, 0.15) is 31.7 Å². The van der Waals surface area contributed by atoms with Crippen LogP contribution in [0.3, 0.4) is 0 Å². The first-order valence-electron chi connectivity index (χ1n) is 7.35. The van der Waals surface area contributed by atoms with Gasteiger partial charge in [0.25, 0.3) is 0 Å². The van der Waals surface area contributed by atoms with Gasteiger partial charge in [-0.25, -0.2) is 0 Å². The molecule has 1 saturated carbocycles. The first kappa shape index (κ1) is 16.0. The van der Waals surface area contributed by atoms with Crippen molar-refractivity contribution < 1.29 is 0 Å². The van der Waals surface area contributed by atoms with Gasteiger partial charge in [-0.3, -0.25) is 0 Å². The minimum atomic E-state index is 0.545. The fraction of sp³-hybridized carbons (Fsp3) is 0.625. The van der Waals surface area contributed by atoms with Crippen molar-refractivity contribution in [3.05, 3.63) is 28.8 Å². The van der Waals surface area contributed by atoms with Crippen LogP contribution in [0.25, 0.3) is 0 Å². The summed E-state index contributed by atoms with van der Waals surface area (Å²) >= 11 is 8.08. The van der Waals surface area contributed by atoms with E-state index in [1.807, 2.05) is 17.8 Å². The Bertz CT molecular complexity index is 434. The molecule has 1 aromatic carbocycles. The van der Waals surface area contributed by atoms with E-state index >= 15 is 0 Å². The molecule has 2 nitrogen and oxygen atoms in total. The second-order valence-electron chi connectivity index (χ2n) is 5.67. The van der Waals surface area contributed by atoms with E-state index in [0.717, 1.165) is 17.6 Å². The van der Waals surface area contributed by atoms with Crippen molar-refractivity contribution in [2.75, 3.05) is 24.0 Å². The van der Waals surface area contributed by atoms with Crippen LogP contribution in [0, 0.1) is 0 Å². The lowest BCUT2D eigenvalue weighted by Crippen LogP contribution is -2.31. The summed E-state index contributed by atoms with van der Waals surface area (Å²) < 4.78 is 0. The van der Waals surface area contributed by atoms with E-state index < -0.39 is 0 Å². The predicted octanol–water partition coefficient (Wildman–Crippen LogP) is 4.17. The Balaban J connectivity index is 2.07. The van der Waals surface area contributed by atoms with Gasteiger partial charge in [0.2, 0.25) is 0 Å². The summed E-state index contributed by atoms with van der Waals surface area (Å²) in [6, 6.07) is 7.52. The molecule has 1 unspecified atom stereocenters. The van der Waals surface area contributed by atoms with Crippen LogP contribution in [0.4, 0.5) is 5.69 Å². The van der Waals surface area contributed by atoms with Crippen molar-refractivity contribution in [1.29, 1.82) is 0 Å². The monoisotopic (exact) mass is 312 g/mol. The van der Waals surface area contributed by atoms with E-state index in [0.29, 0.717) is 6.04 Å². The van der Waals surface area contributed by atoms with Crippen LogP contribution < -0.4 is 10.2 Å². The van der Waals surface area contributed by atoms with Gasteiger partial charge in [0, 0.05) is 36.4 Å². The maximum Gasteiger partial charge on any atom is 0.0412 e. The molecule has 0 spiro atoms. The summed E-state index contributed by atoms with van der Waals surface area (Å²) in [5, 5.41) is 4.41. The number of halogens is 1. The molecule has 1 atom stereocenters. The van der Waals surface area contributed by atoms with Gasteiger partial charge in [-0.15, -0.1) is 0 Å². The molecule has 0 bridgehead atoms. The third kappa shape index (κ3) is 4.57. The normalized spacial score (nSPS) is 16.2. The molecule has 0 aliphatic heterocycles. The number of hydrogen-bond donors (Lipinski definition) is 1. The highest BCUT2D eigenvalue weighted by Crippen LogP contribution is 2.27. The van der Waals surface area contributed by atoms with Crippen LogP contribution in [-0.2, 0) is 6.54 Å². The van der Waals surface area contributed by atoms with Crippen molar-refractivity contribution in [2.45, 2.75) is 44.8 Å². The molecule has 0 radical (unpaired) electrons. The van der Waals surface area contributed by atoms with Gasteiger partial charge in [-0.2, -0.15) is 11.8 Å². The molecule has 1 aliphatic carbocycles. The molecule has 1 fully saturated rings. The molecule has 0 amide bonds. The van der Waals surface area contributed by atoms with E-state index in [1.165, 1.54) is 36.3 Å². The topological polar surface area (TPSA) is 15.3 Å². The number of anilines is 1. The van der Waals surface area contributed by atoms with Crippen molar-refractivity contribution in [1.82, 2.24) is 5.32 Å². The highest BCUT2D eigenvalue weighted by atomic mass is 35.5. The minimum absolute atomic E-state index is 0.545. The second kappa shape index (κ2) is 7.58. The Labute approximate surface area is 132 Å². The zero-order valence-corrected chi connectivity index (χ0v) is 14.2. The Morgan fingerprint density at radius 2 is 2.20 bits per heavy atom. The first-order chi connectivity index (χ1) is 9.61. The molecular weight excluding hydrogens is 288 g/mol. The summed E-state index contributed by atoms with van der Waals surface area (Å²) in [5.41, 5.74) is 2.61. The zero-order chi connectivity index (χ0) is 14.5. The summed E-state index contributed by atoms with van der Waals surface area (Å²) in [6.45, 7) is 3.21. The fourth-order valence-corrected chi connectivity index (χ4v) is 3.07. The predicted molar refractivity (Wildman–Crippen MR) is 92.2 cm³/mol. The van der Waals surface area contributed by atoms with E-state index in [9.17, 15) is 0 Å². The van der Waals surface area contributed by atoms with Gasteiger partial charge < -0.3 is 10.2 Å². The van der Waals surface area contributed by atoms with Gasteiger partial charge in [0.05, 0.1) is 0 Å². The van der Waals surface area contributed by atoms with Crippen molar-refractivity contribution in [2.24, 2.45) is 0 Å². The van der Waals surface area contributed by atoms with Crippen molar-refractivity contribution in [3.8, 4) is 0 Å². The Kier molecular flexibility index (Phi) is 6.06. The molecular formula is C16H25ClN2S. The Morgan fingerprint density at radius 3 is 2.85 bits per heavy atom. The maximum absolute atomic E-state index is 6.17. The van der Waals surface area contributed by atoms with Crippen molar-refractivity contribution >= 4 is 29.1 Å². The maximum atomic E-state index is 6.17. The van der Waals surface area contributed by atoms with Gasteiger partial charge in [-0.05, 0) is 62.0 Å². The number of nitrogens with zero attached hydrogens (tertiary/aromatic N) is 1. The van der Waals surface area contributed by atoms with Gasteiger partial charge in [0.15, 0.2) is 0 Å². The van der Waals surface area contributed by atoms with E-state index in [2.05, 4.69) is 42.6 Å².